The van der Waals surface area contributed by atoms with E-state index in [2.05, 4.69) is 42.9 Å². The zero-order valence-corrected chi connectivity index (χ0v) is 24.9. The Labute approximate surface area is 237 Å². The number of hydrogen-bond acceptors (Lipinski definition) is 7. The third-order valence-electron chi connectivity index (χ3n) is 11.6. The van der Waals surface area contributed by atoms with E-state index >= 15 is 0 Å². The molecule has 220 valence electrons. The van der Waals surface area contributed by atoms with Gasteiger partial charge in [-0.15, -0.1) is 0 Å². The molecule has 3 aliphatic carbocycles. The third kappa shape index (κ3) is 3.92. The second-order valence-electron chi connectivity index (χ2n) is 13.7. The summed E-state index contributed by atoms with van der Waals surface area (Å²) < 4.78 is 37.7. The first-order chi connectivity index (χ1) is 18.9. The highest BCUT2D eigenvalue weighted by molar-refractivity contribution is 7.89. The molecule has 9 nitrogen and oxygen atoms in total. The zero-order valence-electron chi connectivity index (χ0n) is 24.1. The van der Waals surface area contributed by atoms with E-state index in [0.29, 0.717) is 31.0 Å². The van der Waals surface area contributed by atoms with Crippen LogP contribution in [0.2, 0.25) is 0 Å². The van der Waals surface area contributed by atoms with Crippen LogP contribution in [0, 0.1) is 40.4 Å². The highest BCUT2D eigenvalue weighted by atomic mass is 32.2. The summed E-state index contributed by atoms with van der Waals surface area (Å²) in [4.78, 5) is 18.2. The van der Waals surface area contributed by atoms with Crippen LogP contribution in [0.4, 0.5) is 0 Å². The number of oxime groups is 1. The van der Waals surface area contributed by atoms with Crippen LogP contribution in [-0.4, -0.2) is 62.6 Å². The fourth-order valence-corrected chi connectivity index (χ4v) is 10.7. The molecule has 10 unspecified atom stereocenters. The number of amides is 1. The summed E-state index contributed by atoms with van der Waals surface area (Å²) in [6.45, 7) is 9.37. The van der Waals surface area contributed by atoms with E-state index in [-0.39, 0.29) is 46.0 Å². The summed E-state index contributed by atoms with van der Waals surface area (Å²) >= 11 is 0. The monoisotopic (exact) mass is 573 g/mol. The Kier molecular flexibility index (Phi) is 6.68. The quantitative estimate of drug-likeness (QED) is 0.476. The number of nitrogens with one attached hydrogen (secondary N) is 2. The minimum atomic E-state index is -3.86. The highest BCUT2D eigenvalue weighted by Gasteiger charge is 2.71. The molecule has 2 heterocycles. The van der Waals surface area contributed by atoms with Gasteiger partial charge in [0.1, 0.15) is 7.11 Å². The van der Waals surface area contributed by atoms with Crippen molar-refractivity contribution in [2.75, 3.05) is 13.7 Å². The number of aliphatic hydroxyl groups is 1. The van der Waals surface area contributed by atoms with Gasteiger partial charge < -0.3 is 20.0 Å². The number of rotatable bonds is 4. The molecule has 5 aliphatic rings. The standard InChI is InChI=1S/C30H43N3O6S/c1-17-11-12-24-28(2,3)26(32-38-5)22(33-40(36,37)18-9-7-6-8-10-18)15-30(24)29(17,4)14-20-23(34)13-19-21(25(20)39-30)16-31-27(19)35/h6-10,17,19-25,33-34H,11-16H2,1-5H3,(H,31,35). The first-order valence-corrected chi connectivity index (χ1v) is 16.2. The minimum Gasteiger partial charge on any atom is -0.399 e. The van der Waals surface area contributed by atoms with Gasteiger partial charge in [0.15, 0.2) is 0 Å². The Morgan fingerprint density at radius 3 is 2.55 bits per heavy atom. The Balaban J connectivity index is 1.47. The van der Waals surface area contributed by atoms with E-state index < -0.39 is 33.2 Å². The molecular formula is C30H43N3O6S. The van der Waals surface area contributed by atoms with E-state index in [1.54, 1.807) is 30.3 Å². The summed E-state index contributed by atoms with van der Waals surface area (Å²) in [6.07, 6.45) is 2.69. The van der Waals surface area contributed by atoms with Gasteiger partial charge in [0.25, 0.3) is 0 Å². The molecule has 3 saturated carbocycles. The van der Waals surface area contributed by atoms with Crippen LogP contribution in [0.3, 0.4) is 0 Å². The normalized spacial score (nSPS) is 45.0. The number of ether oxygens (including phenoxy) is 1. The molecule has 40 heavy (non-hydrogen) atoms. The lowest BCUT2D eigenvalue weighted by molar-refractivity contribution is -0.320. The fraction of sp³-hybridized carbons (Fsp3) is 0.733. The molecule has 2 aliphatic heterocycles. The van der Waals surface area contributed by atoms with Crippen LogP contribution in [0.5, 0.6) is 0 Å². The van der Waals surface area contributed by atoms with Crippen molar-refractivity contribution >= 4 is 21.6 Å². The molecule has 10 heteroatoms. The SMILES string of the molecule is CON=C1C(NS(=O)(=O)c2ccccc2)CC23OC4C(CC2(C)C(C)CCC3C1(C)C)C(O)CC1C(=O)NCC14. The third-order valence-corrected chi connectivity index (χ3v) is 13.1. The maximum Gasteiger partial charge on any atom is 0.241 e. The largest absolute Gasteiger partial charge is 0.399 e. The number of hydrogen-bond donors (Lipinski definition) is 3. The number of benzene rings is 1. The molecule has 1 spiro atoms. The van der Waals surface area contributed by atoms with Gasteiger partial charge >= 0.3 is 0 Å². The van der Waals surface area contributed by atoms with E-state index in [4.69, 9.17) is 9.57 Å². The summed E-state index contributed by atoms with van der Waals surface area (Å²) in [7, 11) is -2.37. The highest BCUT2D eigenvalue weighted by Crippen LogP contribution is 2.68. The molecule has 5 fully saturated rings. The molecule has 6 rings (SSSR count). The van der Waals surface area contributed by atoms with Gasteiger partial charge in [-0.25, -0.2) is 13.1 Å². The first-order valence-electron chi connectivity index (χ1n) is 14.7. The summed E-state index contributed by atoms with van der Waals surface area (Å²) in [5, 5.41) is 18.8. The molecule has 1 aromatic rings. The molecule has 3 N–H and O–H groups in total. The Bertz CT molecular complexity index is 1300. The summed E-state index contributed by atoms with van der Waals surface area (Å²) in [5.41, 5.74) is -0.859. The molecule has 0 radical (unpaired) electrons. The predicted molar refractivity (Wildman–Crippen MR) is 150 cm³/mol. The van der Waals surface area contributed by atoms with Gasteiger partial charge in [-0.05, 0) is 61.5 Å². The maximum atomic E-state index is 13.7. The summed E-state index contributed by atoms with van der Waals surface area (Å²) in [5.74, 6) is 0.0254. The van der Waals surface area contributed by atoms with Crippen molar-refractivity contribution in [1.82, 2.24) is 10.0 Å². The number of fused-ring (bicyclic) bond motifs is 3. The van der Waals surface area contributed by atoms with Gasteiger partial charge in [-0.3, -0.25) is 4.79 Å². The maximum absolute atomic E-state index is 13.7. The number of sulfonamides is 1. The van der Waals surface area contributed by atoms with Crippen LogP contribution in [-0.2, 0) is 24.4 Å². The van der Waals surface area contributed by atoms with Crippen molar-refractivity contribution in [1.29, 1.82) is 0 Å². The van der Waals surface area contributed by atoms with Crippen molar-refractivity contribution < 1.29 is 27.9 Å². The Morgan fingerprint density at radius 2 is 1.85 bits per heavy atom. The average Bonchev–Trinajstić information content (AvgIpc) is 3.27. The Morgan fingerprint density at radius 1 is 1.12 bits per heavy atom. The number of carbonyl (C=O) groups is 1. The van der Waals surface area contributed by atoms with Crippen molar-refractivity contribution in [2.45, 2.75) is 88.5 Å². The Hall–Kier alpha value is -2.01. The second kappa shape index (κ2) is 9.51. The number of aliphatic hydroxyl groups excluding tert-OH is 1. The molecule has 1 aromatic carbocycles. The van der Waals surface area contributed by atoms with Crippen LogP contribution in [0.15, 0.2) is 40.4 Å². The number of nitrogens with zero attached hydrogens (tertiary/aromatic N) is 1. The van der Waals surface area contributed by atoms with Crippen molar-refractivity contribution in [2.24, 2.45) is 45.6 Å². The molecule has 10 atom stereocenters. The van der Waals surface area contributed by atoms with E-state index in [9.17, 15) is 18.3 Å². The van der Waals surface area contributed by atoms with Gasteiger partial charge in [-0.1, -0.05) is 51.0 Å². The molecule has 0 bridgehead atoms. The molecule has 0 aromatic heterocycles. The van der Waals surface area contributed by atoms with Gasteiger partial charge in [0.2, 0.25) is 15.9 Å². The van der Waals surface area contributed by atoms with Crippen LogP contribution < -0.4 is 10.0 Å². The van der Waals surface area contributed by atoms with E-state index in [1.165, 1.54) is 7.11 Å². The van der Waals surface area contributed by atoms with Gasteiger partial charge in [0, 0.05) is 29.7 Å². The van der Waals surface area contributed by atoms with Gasteiger partial charge in [-0.2, -0.15) is 0 Å². The lowest BCUT2D eigenvalue weighted by Gasteiger charge is -2.70. The van der Waals surface area contributed by atoms with Gasteiger partial charge in [0.05, 0.1) is 34.5 Å². The van der Waals surface area contributed by atoms with E-state index in [0.717, 1.165) is 19.3 Å². The molecule has 2 saturated heterocycles. The fourth-order valence-electron chi connectivity index (χ4n) is 9.45. The second-order valence-corrected chi connectivity index (χ2v) is 15.4. The molecular weight excluding hydrogens is 530 g/mol. The first kappa shape index (κ1) is 28.1. The predicted octanol–water partition coefficient (Wildman–Crippen LogP) is 3.09. The van der Waals surface area contributed by atoms with Crippen LogP contribution >= 0.6 is 0 Å². The van der Waals surface area contributed by atoms with Crippen molar-refractivity contribution in [3.8, 4) is 0 Å². The minimum absolute atomic E-state index is 0.00233. The van der Waals surface area contributed by atoms with Crippen molar-refractivity contribution in [3.63, 3.8) is 0 Å². The average molecular weight is 574 g/mol. The van der Waals surface area contributed by atoms with Crippen LogP contribution in [0.1, 0.15) is 59.8 Å². The zero-order chi connectivity index (χ0) is 28.7. The van der Waals surface area contributed by atoms with Crippen molar-refractivity contribution in [3.05, 3.63) is 30.3 Å². The topological polar surface area (TPSA) is 126 Å². The van der Waals surface area contributed by atoms with Crippen LogP contribution in [0.25, 0.3) is 0 Å². The smallest absolute Gasteiger partial charge is 0.241 e. The number of carbonyl (C=O) groups excluding carboxylic acids is 1. The molecule has 1 amide bonds. The lowest BCUT2D eigenvalue weighted by Crippen LogP contribution is -2.75. The van der Waals surface area contributed by atoms with E-state index in [1.807, 2.05) is 0 Å². The lowest BCUT2D eigenvalue weighted by atomic mass is 9.41. The summed E-state index contributed by atoms with van der Waals surface area (Å²) in [6, 6.07) is 7.75.